The minimum absolute atomic E-state index is 0.0386. The molecule has 1 N–H and O–H groups in total. The van der Waals surface area contributed by atoms with Crippen LogP contribution in [0.2, 0.25) is 0 Å². The maximum Gasteiger partial charge on any atom is 0.174 e. The summed E-state index contributed by atoms with van der Waals surface area (Å²) in [5.74, 6) is 0.620. The second-order valence-electron chi connectivity index (χ2n) is 6.33. The van der Waals surface area contributed by atoms with Crippen molar-refractivity contribution in [3.8, 4) is 0 Å². The third-order valence-corrected chi connectivity index (χ3v) is 4.96. The molecule has 0 spiro atoms. The zero-order valence-electron chi connectivity index (χ0n) is 13.9. The van der Waals surface area contributed by atoms with Gasteiger partial charge in [-0.1, -0.05) is 25.3 Å². The van der Waals surface area contributed by atoms with Gasteiger partial charge in [0.05, 0.1) is 12.3 Å². The van der Waals surface area contributed by atoms with E-state index in [0.717, 1.165) is 18.6 Å². The van der Waals surface area contributed by atoms with Gasteiger partial charge in [-0.15, -0.1) is 0 Å². The highest BCUT2D eigenvalue weighted by molar-refractivity contribution is 7.80. The smallest absolute Gasteiger partial charge is 0.174 e. The molecule has 1 aliphatic rings. The number of hydrogen-bond donors (Lipinski definition) is 1. The molecule has 128 valence electrons. The Kier molecular flexibility index (Phi) is 5.51. The van der Waals surface area contributed by atoms with Crippen molar-refractivity contribution in [2.75, 3.05) is 5.32 Å². The highest BCUT2D eigenvalue weighted by atomic mass is 32.1. The average molecular weight is 346 g/mol. The summed E-state index contributed by atoms with van der Waals surface area (Å²) in [6.07, 6.45) is 7.65. The van der Waals surface area contributed by atoms with Gasteiger partial charge < -0.3 is 14.6 Å². The van der Waals surface area contributed by atoms with Crippen LogP contribution in [0.3, 0.4) is 0 Å². The molecule has 1 heterocycles. The van der Waals surface area contributed by atoms with Gasteiger partial charge >= 0.3 is 0 Å². The van der Waals surface area contributed by atoms with Gasteiger partial charge in [0.1, 0.15) is 11.6 Å². The molecule has 3 rings (SSSR count). The van der Waals surface area contributed by atoms with Gasteiger partial charge in [0.25, 0.3) is 0 Å². The summed E-state index contributed by atoms with van der Waals surface area (Å²) >= 11 is 5.68. The highest BCUT2D eigenvalue weighted by Gasteiger charge is 2.29. The Morgan fingerprint density at radius 1 is 1.25 bits per heavy atom. The number of thiocarbonyl (C=S) groups is 1. The van der Waals surface area contributed by atoms with Crippen LogP contribution >= 0.6 is 12.2 Å². The van der Waals surface area contributed by atoms with Crippen LogP contribution in [0.5, 0.6) is 0 Å². The van der Waals surface area contributed by atoms with Crippen LogP contribution in [0.4, 0.5) is 10.1 Å². The second kappa shape index (κ2) is 7.79. The molecule has 3 nitrogen and oxygen atoms in total. The van der Waals surface area contributed by atoms with Crippen molar-refractivity contribution in [2.45, 2.75) is 51.1 Å². The van der Waals surface area contributed by atoms with Crippen LogP contribution in [0.1, 0.15) is 50.8 Å². The summed E-state index contributed by atoms with van der Waals surface area (Å²) in [7, 11) is 0. The number of nitrogens with one attached hydrogen (secondary N) is 1. The van der Waals surface area contributed by atoms with E-state index in [4.69, 9.17) is 16.6 Å². The Labute approximate surface area is 147 Å². The van der Waals surface area contributed by atoms with E-state index in [1.807, 2.05) is 18.2 Å². The van der Waals surface area contributed by atoms with Crippen molar-refractivity contribution >= 4 is 23.0 Å². The van der Waals surface area contributed by atoms with Crippen molar-refractivity contribution in [2.24, 2.45) is 0 Å². The van der Waals surface area contributed by atoms with Crippen LogP contribution in [0.15, 0.2) is 47.1 Å². The molecule has 0 radical (unpaired) electrons. The maximum absolute atomic E-state index is 13.4. The normalized spacial score (nSPS) is 16.6. The molecular weight excluding hydrogens is 323 g/mol. The van der Waals surface area contributed by atoms with Crippen LogP contribution in [-0.4, -0.2) is 16.1 Å². The van der Waals surface area contributed by atoms with Gasteiger partial charge in [-0.3, -0.25) is 0 Å². The first-order valence-corrected chi connectivity index (χ1v) is 8.94. The maximum atomic E-state index is 13.4. The zero-order valence-corrected chi connectivity index (χ0v) is 14.7. The van der Waals surface area contributed by atoms with Crippen molar-refractivity contribution in [1.29, 1.82) is 0 Å². The molecule has 1 saturated carbocycles. The number of anilines is 1. The van der Waals surface area contributed by atoms with Crippen molar-refractivity contribution in [1.82, 2.24) is 4.90 Å². The van der Waals surface area contributed by atoms with Gasteiger partial charge in [-0.2, -0.15) is 0 Å². The number of rotatable bonds is 4. The Balaban J connectivity index is 1.81. The standard InChI is InChI=1S/C19H23FN2OS/c1-14(18-11-6-12-23-18)22(17-9-3-2-4-10-17)19(24)21-16-8-5-7-15(20)13-16/h5-8,11-14,17H,2-4,9-10H2,1H3,(H,21,24)/t14-/m1/s1. The Morgan fingerprint density at radius 3 is 2.71 bits per heavy atom. The fourth-order valence-corrected chi connectivity index (χ4v) is 3.86. The van der Waals surface area contributed by atoms with Crippen molar-refractivity contribution in [3.05, 3.63) is 54.2 Å². The first kappa shape index (κ1) is 17.0. The molecule has 0 bridgehead atoms. The monoisotopic (exact) mass is 346 g/mol. The summed E-state index contributed by atoms with van der Waals surface area (Å²) in [4.78, 5) is 2.22. The van der Waals surface area contributed by atoms with E-state index in [1.165, 1.54) is 31.4 Å². The first-order valence-electron chi connectivity index (χ1n) is 8.53. The van der Waals surface area contributed by atoms with Gasteiger partial charge in [-0.25, -0.2) is 4.39 Å². The van der Waals surface area contributed by atoms with Crippen molar-refractivity contribution in [3.63, 3.8) is 0 Å². The van der Waals surface area contributed by atoms with E-state index in [9.17, 15) is 4.39 Å². The highest BCUT2D eigenvalue weighted by Crippen LogP contribution is 2.31. The van der Waals surface area contributed by atoms with E-state index in [1.54, 1.807) is 12.3 Å². The van der Waals surface area contributed by atoms with E-state index >= 15 is 0 Å². The summed E-state index contributed by atoms with van der Waals surface area (Å²) in [5.41, 5.74) is 0.674. The van der Waals surface area contributed by atoms with E-state index in [-0.39, 0.29) is 11.9 Å². The molecule has 24 heavy (non-hydrogen) atoms. The Morgan fingerprint density at radius 2 is 2.04 bits per heavy atom. The molecule has 0 amide bonds. The summed E-state index contributed by atoms with van der Waals surface area (Å²) < 4.78 is 19.0. The molecule has 0 saturated heterocycles. The van der Waals surface area contributed by atoms with Crippen LogP contribution < -0.4 is 5.32 Å². The number of benzene rings is 1. The van der Waals surface area contributed by atoms with Crippen LogP contribution in [-0.2, 0) is 0 Å². The fourth-order valence-electron chi connectivity index (χ4n) is 3.44. The number of furan rings is 1. The summed E-state index contributed by atoms with van der Waals surface area (Å²) in [6.45, 7) is 2.10. The minimum atomic E-state index is -0.272. The Hall–Kier alpha value is -1.88. The average Bonchev–Trinajstić information content (AvgIpc) is 3.10. The Bertz CT molecular complexity index is 668. The van der Waals surface area contributed by atoms with Crippen LogP contribution in [0, 0.1) is 5.82 Å². The summed E-state index contributed by atoms with van der Waals surface area (Å²) in [5, 5.41) is 3.82. The first-order chi connectivity index (χ1) is 11.6. The molecule has 5 heteroatoms. The topological polar surface area (TPSA) is 28.4 Å². The molecule has 1 atom stereocenters. The summed E-state index contributed by atoms with van der Waals surface area (Å²) in [6, 6.07) is 10.7. The largest absolute Gasteiger partial charge is 0.467 e. The molecule has 1 fully saturated rings. The molecule has 1 aromatic carbocycles. The molecule has 0 aliphatic heterocycles. The third-order valence-electron chi connectivity index (χ3n) is 4.65. The van der Waals surface area contributed by atoms with Crippen LogP contribution in [0.25, 0.3) is 0 Å². The SMILES string of the molecule is C[C@H](c1ccco1)N(C(=S)Nc1cccc(F)c1)C1CCCCC1. The molecular formula is C19H23FN2OS. The molecule has 0 unspecified atom stereocenters. The molecule has 1 aromatic heterocycles. The van der Waals surface area contributed by atoms with Gasteiger partial charge in [-0.05, 0) is 62.3 Å². The molecule has 2 aromatic rings. The van der Waals surface area contributed by atoms with E-state index in [2.05, 4.69) is 17.1 Å². The zero-order chi connectivity index (χ0) is 16.9. The predicted octanol–water partition coefficient (Wildman–Crippen LogP) is 5.51. The minimum Gasteiger partial charge on any atom is -0.467 e. The van der Waals surface area contributed by atoms with E-state index in [0.29, 0.717) is 16.8 Å². The van der Waals surface area contributed by atoms with Gasteiger partial charge in [0.15, 0.2) is 5.11 Å². The lowest BCUT2D eigenvalue weighted by molar-refractivity contribution is 0.186. The molecule has 1 aliphatic carbocycles. The van der Waals surface area contributed by atoms with E-state index < -0.39 is 0 Å². The number of hydrogen-bond acceptors (Lipinski definition) is 2. The lowest BCUT2D eigenvalue weighted by atomic mass is 9.93. The lowest BCUT2D eigenvalue weighted by Crippen LogP contribution is -2.45. The third kappa shape index (κ3) is 3.96. The fraction of sp³-hybridized carbons (Fsp3) is 0.421. The lowest BCUT2D eigenvalue weighted by Gasteiger charge is -2.39. The number of halogens is 1. The predicted molar refractivity (Wildman–Crippen MR) is 98.5 cm³/mol. The van der Waals surface area contributed by atoms with Gasteiger partial charge in [0.2, 0.25) is 0 Å². The quantitative estimate of drug-likeness (QED) is 0.739. The van der Waals surface area contributed by atoms with Crippen molar-refractivity contribution < 1.29 is 8.81 Å². The van der Waals surface area contributed by atoms with Gasteiger partial charge in [0, 0.05) is 11.7 Å². The second-order valence-corrected chi connectivity index (χ2v) is 6.72. The number of nitrogens with zero attached hydrogens (tertiary/aromatic N) is 1.